The van der Waals surface area contributed by atoms with Crippen LogP contribution in [0.25, 0.3) is 0 Å². The molecule has 0 unspecified atom stereocenters. The van der Waals surface area contributed by atoms with E-state index in [-0.39, 0.29) is 17.3 Å². The van der Waals surface area contributed by atoms with Crippen molar-refractivity contribution < 1.29 is 17.9 Å². The molecule has 1 aliphatic heterocycles. The lowest BCUT2D eigenvalue weighted by Gasteiger charge is -2.34. The fraction of sp³-hybridized carbons (Fsp3) is 0.350. The van der Waals surface area contributed by atoms with Gasteiger partial charge in [0.25, 0.3) is 15.9 Å². The van der Waals surface area contributed by atoms with E-state index in [2.05, 4.69) is 5.32 Å². The average Bonchev–Trinajstić information content (AvgIpc) is 2.71. The lowest BCUT2D eigenvalue weighted by molar-refractivity contribution is -0.127. The van der Waals surface area contributed by atoms with E-state index in [0.29, 0.717) is 11.4 Å². The van der Waals surface area contributed by atoms with Gasteiger partial charge in [-0.3, -0.25) is 9.10 Å². The van der Waals surface area contributed by atoms with Crippen molar-refractivity contribution >= 4 is 21.6 Å². The number of amides is 1. The Morgan fingerprint density at radius 2 is 1.85 bits per heavy atom. The quantitative estimate of drug-likeness (QED) is 0.878. The van der Waals surface area contributed by atoms with Crippen molar-refractivity contribution in [3.63, 3.8) is 0 Å². The standard InChI is InChI=1S/C20H22N2O4S/c1-21-20(23)19-13-22(17-8-4-5-9-18(17)26-19)27(24,25)16-11-10-14-6-2-3-7-15(14)12-16/h4-5,8-12,19H,2-3,6-7,13H2,1H3,(H,21,23)/t19-/m0/s1. The van der Waals surface area contributed by atoms with Crippen LogP contribution >= 0.6 is 0 Å². The molecule has 142 valence electrons. The van der Waals surface area contributed by atoms with Crippen LogP contribution in [0.5, 0.6) is 5.75 Å². The van der Waals surface area contributed by atoms with Crippen molar-refractivity contribution in [2.75, 3.05) is 17.9 Å². The molecule has 0 fully saturated rings. The maximum absolute atomic E-state index is 13.4. The van der Waals surface area contributed by atoms with E-state index in [1.807, 2.05) is 6.07 Å². The van der Waals surface area contributed by atoms with Gasteiger partial charge >= 0.3 is 0 Å². The fourth-order valence-corrected chi connectivity index (χ4v) is 5.25. The van der Waals surface area contributed by atoms with E-state index in [4.69, 9.17) is 4.74 Å². The number of nitrogens with zero attached hydrogens (tertiary/aromatic N) is 1. The molecule has 1 aliphatic carbocycles. The first kappa shape index (κ1) is 17.9. The van der Waals surface area contributed by atoms with Gasteiger partial charge < -0.3 is 10.1 Å². The number of anilines is 1. The fourth-order valence-electron chi connectivity index (χ4n) is 3.72. The molecule has 7 heteroatoms. The molecule has 0 saturated heterocycles. The summed E-state index contributed by atoms with van der Waals surface area (Å²) in [5.74, 6) is 0.0361. The lowest BCUT2D eigenvalue weighted by atomic mass is 9.92. The number of para-hydroxylation sites is 2. The first-order valence-electron chi connectivity index (χ1n) is 9.12. The highest BCUT2D eigenvalue weighted by atomic mass is 32.2. The minimum atomic E-state index is -3.81. The number of likely N-dealkylation sites (N-methyl/N-ethyl adjacent to an activating group) is 1. The second-order valence-electron chi connectivity index (χ2n) is 6.86. The van der Waals surface area contributed by atoms with Crippen molar-refractivity contribution in [1.82, 2.24) is 5.32 Å². The number of rotatable bonds is 3. The number of sulfonamides is 1. The molecule has 4 rings (SSSR count). The van der Waals surface area contributed by atoms with Crippen LogP contribution in [0.15, 0.2) is 47.4 Å². The largest absolute Gasteiger partial charge is 0.476 e. The van der Waals surface area contributed by atoms with Crippen LogP contribution in [-0.2, 0) is 27.7 Å². The highest BCUT2D eigenvalue weighted by Crippen LogP contribution is 2.37. The zero-order valence-electron chi connectivity index (χ0n) is 15.1. The van der Waals surface area contributed by atoms with Crippen LogP contribution in [-0.4, -0.2) is 34.0 Å². The number of benzene rings is 2. The van der Waals surface area contributed by atoms with Gasteiger partial charge in [0.15, 0.2) is 6.10 Å². The summed E-state index contributed by atoms with van der Waals surface area (Å²) in [6.45, 7) is -0.0594. The van der Waals surface area contributed by atoms with Gasteiger partial charge in [0.05, 0.1) is 17.1 Å². The van der Waals surface area contributed by atoms with Gasteiger partial charge in [0, 0.05) is 7.05 Å². The summed E-state index contributed by atoms with van der Waals surface area (Å²) in [5.41, 5.74) is 2.79. The van der Waals surface area contributed by atoms with Gasteiger partial charge in [-0.05, 0) is 61.1 Å². The van der Waals surface area contributed by atoms with E-state index in [0.717, 1.165) is 31.2 Å². The first-order valence-corrected chi connectivity index (χ1v) is 10.6. The highest BCUT2D eigenvalue weighted by molar-refractivity contribution is 7.92. The maximum Gasteiger partial charge on any atom is 0.264 e. The minimum Gasteiger partial charge on any atom is -0.476 e. The molecule has 2 aliphatic rings. The summed E-state index contributed by atoms with van der Waals surface area (Å²) in [6.07, 6.45) is 3.23. The van der Waals surface area contributed by atoms with Crippen molar-refractivity contribution in [3.8, 4) is 5.75 Å². The van der Waals surface area contributed by atoms with Gasteiger partial charge in [-0.15, -0.1) is 0 Å². The Labute approximate surface area is 159 Å². The number of hydrogen-bond donors (Lipinski definition) is 1. The molecule has 0 spiro atoms. The van der Waals surface area contributed by atoms with Crippen molar-refractivity contribution in [2.24, 2.45) is 0 Å². The Balaban J connectivity index is 1.77. The SMILES string of the molecule is CNC(=O)[C@@H]1CN(S(=O)(=O)c2ccc3c(c2)CCCC3)c2ccccc2O1. The Morgan fingerprint density at radius 3 is 2.63 bits per heavy atom. The molecule has 1 heterocycles. The van der Waals surface area contributed by atoms with Crippen LogP contribution in [0, 0.1) is 0 Å². The molecule has 1 atom stereocenters. The monoisotopic (exact) mass is 386 g/mol. The summed E-state index contributed by atoms with van der Waals surface area (Å²) in [6, 6.07) is 12.3. The van der Waals surface area contributed by atoms with Crippen molar-refractivity contribution in [3.05, 3.63) is 53.6 Å². The van der Waals surface area contributed by atoms with Crippen molar-refractivity contribution in [1.29, 1.82) is 0 Å². The molecule has 2 aromatic rings. The molecule has 0 bridgehead atoms. The lowest BCUT2D eigenvalue weighted by Crippen LogP contribution is -2.50. The van der Waals surface area contributed by atoms with Crippen LogP contribution < -0.4 is 14.4 Å². The highest BCUT2D eigenvalue weighted by Gasteiger charge is 2.37. The summed E-state index contributed by atoms with van der Waals surface area (Å²) in [4.78, 5) is 12.4. The number of ether oxygens (including phenoxy) is 1. The molecule has 0 radical (unpaired) electrons. The van der Waals surface area contributed by atoms with Gasteiger partial charge in [-0.1, -0.05) is 18.2 Å². The second-order valence-corrected chi connectivity index (χ2v) is 8.72. The zero-order valence-corrected chi connectivity index (χ0v) is 16.0. The number of aryl methyl sites for hydroxylation is 2. The van der Waals surface area contributed by atoms with E-state index >= 15 is 0 Å². The molecule has 27 heavy (non-hydrogen) atoms. The number of hydrogen-bond acceptors (Lipinski definition) is 4. The third kappa shape index (κ3) is 3.16. The normalized spacial score (nSPS) is 18.9. The Kier molecular flexibility index (Phi) is 4.55. The summed E-state index contributed by atoms with van der Waals surface area (Å²) < 4.78 is 33.9. The van der Waals surface area contributed by atoms with Crippen molar-refractivity contribution in [2.45, 2.75) is 36.7 Å². The predicted molar refractivity (Wildman–Crippen MR) is 103 cm³/mol. The number of carbonyl (C=O) groups excluding carboxylic acids is 1. The van der Waals surface area contributed by atoms with E-state index in [1.54, 1.807) is 36.4 Å². The third-order valence-corrected chi connectivity index (χ3v) is 6.96. The summed E-state index contributed by atoms with van der Waals surface area (Å²) in [7, 11) is -2.30. The minimum absolute atomic E-state index is 0.0594. The topological polar surface area (TPSA) is 75.7 Å². The summed E-state index contributed by atoms with van der Waals surface area (Å²) in [5, 5.41) is 2.53. The Hall–Kier alpha value is -2.54. The van der Waals surface area contributed by atoms with Gasteiger partial charge in [-0.25, -0.2) is 8.42 Å². The molecular formula is C20H22N2O4S. The van der Waals surface area contributed by atoms with Gasteiger partial charge in [-0.2, -0.15) is 0 Å². The number of fused-ring (bicyclic) bond motifs is 2. The van der Waals surface area contributed by atoms with Gasteiger partial charge in [0.1, 0.15) is 5.75 Å². The van der Waals surface area contributed by atoms with Crippen LogP contribution in [0.1, 0.15) is 24.0 Å². The van der Waals surface area contributed by atoms with Crippen LogP contribution in [0.2, 0.25) is 0 Å². The molecule has 0 saturated carbocycles. The number of nitrogens with one attached hydrogen (secondary N) is 1. The first-order chi connectivity index (χ1) is 13.0. The molecule has 2 aromatic carbocycles. The van der Waals surface area contributed by atoms with Crippen LogP contribution in [0.4, 0.5) is 5.69 Å². The van der Waals surface area contributed by atoms with E-state index < -0.39 is 16.1 Å². The second kappa shape index (κ2) is 6.88. The van der Waals surface area contributed by atoms with E-state index in [1.165, 1.54) is 16.9 Å². The molecule has 6 nitrogen and oxygen atoms in total. The van der Waals surface area contributed by atoms with Gasteiger partial charge in [0.2, 0.25) is 0 Å². The Morgan fingerprint density at radius 1 is 1.11 bits per heavy atom. The summed E-state index contributed by atoms with van der Waals surface area (Å²) >= 11 is 0. The van der Waals surface area contributed by atoms with Crippen LogP contribution in [0.3, 0.4) is 0 Å². The molecule has 1 N–H and O–H groups in total. The predicted octanol–water partition coefficient (Wildman–Crippen LogP) is 2.27. The third-order valence-electron chi connectivity index (χ3n) is 5.18. The average molecular weight is 386 g/mol. The smallest absolute Gasteiger partial charge is 0.264 e. The maximum atomic E-state index is 13.4. The molecular weight excluding hydrogens is 364 g/mol. The zero-order chi connectivity index (χ0) is 19.0. The number of carbonyl (C=O) groups is 1. The van der Waals surface area contributed by atoms with E-state index in [9.17, 15) is 13.2 Å². The molecule has 0 aromatic heterocycles. The molecule has 1 amide bonds. The Bertz CT molecular complexity index is 987.